The summed E-state index contributed by atoms with van der Waals surface area (Å²) in [6.07, 6.45) is 4.91. The number of carbonyl (C=O) groups excluding carboxylic acids is 1. The summed E-state index contributed by atoms with van der Waals surface area (Å²) >= 11 is 0. The number of amides is 1. The van der Waals surface area contributed by atoms with E-state index >= 15 is 0 Å². The number of primary amides is 1. The molecule has 1 spiro atoms. The molecule has 1 amide bonds. The average Bonchev–Trinajstić information content (AvgIpc) is 2.79. The lowest BCUT2D eigenvalue weighted by Gasteiger charge is -2.38. The van der Waals surface area contributed by atoms with Crippen molar-refractivity contribution < 1.29 is 4.79 Å². The van der Waals surface area contributed by atoms with Crippen LogP contribution in [0.1, 0.15) is 46.5 Å². The van der Waals surface area contributed by atoms with Gasteiger partial charge in [-0.05, 0) is 42.4 Å². The van der Waals surface area contributed by atoms with Crippen LogP contribution >= 0.6 is 0 Å². The van der Waals surface area contributed by atoms with Crippen LogP contribution in [0.4, 0.5) is 0 Å². The molecular weight excluding hydrogens is 186 g/mol. The molecule has 2 rings (SSSR count). The molecule has 4 unspecified atom stereocenters. The Hall–Kier alpha value is -0.530. The second kappa shape index (κ2) is 3.50. The summed E-state index contributed by atoms with van der Waals surface area (Å²) in [4.78, 5) is 11.3. The number of hydrogen-bond donors (Lipinski definition) is 1. The quantitative estimate of drug-likeness (QED) is 0.746. The fraction of sp³-hybridized carbons (Fsp3) is 0.923. The van der Waals surface area contributed by atoms with Crippen LogP contribution in [0.15, 0.2) is 0 Å². The van der Waals surface area contributed by atoms with Crippen molar-refractivity contribution in [2.45, 2.75) is 46.5 Å². The van der Waals surface area contributed by atoms with Crippen molar-refractivity contribution in [1.29, 1.82) is 0 Å². The van der Waals surface area contributed by atoms with Gasteiger partial charge in [-0.1, -0.05) is 27.2 Å². The van der Waals surface area contributed by atoms with Crippen molar-refractivity contribution in [3.63, 3.8) is 0 Å². The summed E-state index contributed by atoms with van der Waals surface area (Å²) in [6.45, 7) is 6.90. The zero-order valence-electron chi connectivity index (χ0n) is 10.1. The van der Waals surface area contributed by atoms with Crippen molar-refractivity contribution in [2.75, 3.05) is 0 Å². The highest BCUT2D eigenvalue weighted by molar-refractivity contribution is 5.80. The molecule has 0 bridgehead atoms. The Morgan fingerprint density at radius 1 is 1.33 bits per heavy atom. The van der Waals surface area contributed by atoms with Gasteiger partial charge in [0.2, 0.25) is 5.91 Å². The normalized spacial score (nSPS) is 44.7. The molecule has 2 aliphatic carbocycles. The number of rotatable bonds is 2. The van der Waals surface area contributed by atoms with Gasteiger partial charge in [0.05, 0.1) is 0 Å². The first-order valence-corrected chi connectivity index (χ1v) is 6.26. The van der Waals surface area contributed by atoms with E-state index in [1.54, 1.807) is 0 Å². The molecule has 0 heterocycles. The molecule has 2 N–H and O–H groups in total. The van der Waals surface area contributed by atoms with Gasteiger partial charge in [0.25, 0.3) is 0 Å². The number of hydrogen-bond acceptors (Lipinski definition) is 1. The lowest BCUT2D eigenvalue weighted by atomic mass is 9.66. The summed E-state index contributed by atoms with van der Waals surface area (Å²) in [5.41, 5.74) is 5.78. The minimum Gasteiger partial charge on any atom is -0.369 e. The number of nitrogens with two attached hydrogens (primary N) is 1. The molecule has 2 saturated carbocycles. The van der Waals surface area contributed by atoms with E-state index in [2.05, 4.69) is 20.8 Å². The molecule has 2 aliphatic rings. The maximum atomic E-state index is 11.3. The molecule has 2 nitrogen and oxygen atoms in total. The third-order valence-electron chi connectivity index (χ3n) is 4.70. The van der Waals surface area contributed by atoms with E-state index < -0.39 is 0 Å². The van der Waals surface area contributed by atoms with Crippen LogP contribution in [0.25, 0.3) is 0 Å². The fourth-order valence-corrected chi connectivity index (χ4v) is 3.99. The summed E-state index contributed by atoms with van der Waals surface area (Å²) in [6, 6.07) is 0. The Kier molecular flexibility index (Phi) is 2.56. The summed E-state index contributed by atoms with van der Waals surface area (Å²) < 4.78 is 0. The lowest BCUT2D eigenvalue weighted by molar-refractivity contribution is -0.120. The first kappa shape index (κ1) is 11.0. The van der Waals surface area contributed by atoms with Crippen molar-refractivity contribution in [3.05, 3.63) is 0 Å². The van der Waals surface area contributed by atoms with Gasteiger partial charge < -0.3 is 5.73 Å². The largest absolute Gasteiger partial charge is 0.369 e. The molecule has 15 heavy (non-hydrogen) atoms. The van der Waals surface area contributed by atoms with E-state index in [1.165, 1.54) is 19.3 Å². The van der Waals surface area contributed by atoms with Crippen molar-refractivity contribution in [2.24, 2.45) is 34.8 Å². The van der Waals surface area contributed by atoms with Gasteiger partial charge in [0, 0.05) is 5.92 Å². The third kappa shape index (κ3) is 1.68. The van der Waals surface area contributed by atoms with E-state index in [0.29, 0.717) is 11.3 Å². The molecule has 4 atom stereocenters. The molecule has 0 aliphatic heterocycles. The Labute approximate surface area is 92.6 Å². The standard InChI is InChI=1S/C13H23NO/c1-8(2)10-5-4-9(3)6-13(10)7-11(13)12(14)15/h8-11H,4-7H2,1-3H3,(H2,14,15). The van der Waals surface area contributed by atoms with Gasteiger partial charge >= 0.3 is 0 Å². The summed E-state index contributed by atoms with van der Waals surface area (Å²) in [5.74, 6) is 2.33. The monoisotopic (exact) mass is 209 g/mol. The van der Waals surface area contributed by atoms with Crippen LogP contribution in [0, 0.1) is 29.1 Å². The zero-order chi connectivity index (χ0) is 11.2. The first-order chi connectivity index (χ1) is 6.97. The second-order valence-corrected chi connectivity index (χ2v) is 6.13. The van der Waals surface area contributed by atoms with E-state index in [0.717, 1.165) is 18.3 Å². The van der Waals surface area contributed by atoms with Gasteiger partial charge in [0.15, 0.2) is 0 Å². The van der Waals surface area contributed by atoms with Gasteiger partial charge in [-0.2, -0.15) is 0 Å². The Morgan fingerprint density at radius 2 is 2.00 bits per heavy atom. The molecular formula is C13H23NO. The van der Waals surface area contributed by atoms with Gasteiger partial charge in [-0.15, -0.1) is 0 Å². The first-order valence-electron chi connectivity index (χ1n) is 6.26. The van der Waals surface area contributed by atoms with Crippen molar-refractivity contribution in [1.82, 2.24) is 0 Å². The Balaban J connectivity index is 2.16. The van der Waals surface area contributed by atoms with E-state index in [4.69, 9.17) is 5.73 Å². The zero-order valence-corrected chi connectivity index (χ0v) is 10.1. The van der Waals surface area contributed by atoms with E-state index in [-0.39, 0.29) is 11.8 Å². The predicted molar refractivity (Wildman–Crippen MR) is 61.1 cm³/mol. The smallest absolute Gasteiger partial charge is 0.221 e. The molecule has 0 aromatic heterocycles. The van der Waals surface area contributed by atoms with E-state index in [1.807, 2.05) is 0 Å². The van der Waals surface area contributed by atoms with Crippen LogP contribution in [0.5, 0.6) is 0 Å². The molecule has 86 valence electrons. The molecule has 2 heteroatoms. The van der Waals surface area contributed by atoms with E-state index in [9.17, 15) is 4.79 Å². The Morgan fingerprint density at radius 3 is 2.47 bits per heavy atom. The van der Waals surface area contributed by atoms with Gasteiger partial charge in [0.1, 0.15) is 0 Å². The average molecular weight is 209 g/mol. The number of carbonyl (C=O) groups is 1. The Bertz CT molecular complexity index is 274. The molecule has 0 aromatic rings. The highest BCUT2D eigenvalue weighted by Crippen LogP contribution is 2.66. The van der Waals surface area contributed by atoms with Gasteiger partial charge in [-0.3, -0.25) is 4.79 Å². The predicted octanol–water partition coefficient (Wildman–Crippen LogP) is 2.57. The summed E-state index contributed by atoms with van der Waals surface area (Å²) in [7, 11) is 0. The molecule has 0 aromatic carbocycles. The maximum Gasteiger partial charge on any atom is 0.221 e. The SMILES string of the molecule is CC1CCC(C(C)C)C2(C1)CC2C(N)=O. The second-order valence-electron chi connectivity index (χ2n) is 6.13. The third-order valence-corrected chi connectivity index (χ3v) is 4.70. The van der Waals surface area contributed by atoms with Crippen molar-refractivity contribution >= 4 is 5.91 Å². The van der Waals surface area contributed by atoms with Crippen LogP contribution in [0.3, 0.4) is 0 Å². The minimum absolute atomic E-state index is 0.0604. The molecule has 0 saturated heterocycles. The highest BCUT2D eigenvalue weighted by Gasteiger charge is 2.62. The minimum atomic E-state index is -0.0604. The molecule has 0 radical (unpaired) electrons. The van der Waals surface area contributed by atoms with Crippen LogP contribution < -0.4 is 5.73 Å². The summed E-state index contributed by atoms with van der Waals surface area (Å²) in [5, 5.41) is 0. The fourth-order valence-electron chi connectivity index (χ4n) is 3.99. The van der Waals surface area contributed by atoms with Crippen LogP contribution in [-0.4, -0.2) is 5.91 Å². The van der Waals surface area contributed by atoms with Crippen LogP contribution in [-0.2, 0) is 4.79 Å². The molecule has 2 fully saturated rings. The lowest BCUT2D eigenvalue weighted by Crippen LogP contribution is -2.33. The van der Waals surface area contributed by atoms with Crippen LogP contribution in [0.2, 0.25) is 0 Å². The van der Waals surface area contributed by atoms with Crippen molar-refractivity contribution in [3.8, 4) is 0 Å². The highest BCUT2D eigenvalue weighted by atomic mass is 16.1. The van der Waals surface area contributed by atoms with Gasteiger partial charge in [-0.25, -0.2) is 0 Å². The topological polar surface area (TPSA) is 43.1 Å². The maximum absolute atomic E-state index is 11.3.